The van der Waals surface area contributed by atoms with Crippen molar-refractivity contribution in [3.05, 3.63) is 0 Å². The average Bonchev–Trinajstić information content (AvgIpc) is 1.97. The Kier molecular flexibility index (Phi) is 4.40. The number of carbonyl (C=O) groups excluding carboxylic acids is 1. The molecular weight excluding hydrogens is 172 g/mol. The van der Waals surface area contributed by atoms with Crippen LogP contribution in [-0.4, -0.2) is 29.1 Å². The maximum atomic E-state index is 10.9. The summed E-state index contributed by atoms with van der Waals surface area (Å²) in [4.78, 5) is 21.3. The monoisotopic (exact) mass is 188 g/mol. The zero-order valence-corrected chi connectivity index (χ0v) is 8.07. The van der Waals surface area contributed by atoms with Crippen molar-refractivity contribution >= 4 is 11.9 Å². The van der Waals surface area contributed by atoms with Crippen LogP contribution >= 0.6 is 0 Å². The quantitative estimate of drug-likeness (QED) is 0.545. The van der Waals surface area contributed by atoms with Crippen LogP contribution < -0.4 is 11.1 Å². The van der Waals surface area contributed by atoms with E-state index in [-0.39, 0.29) is 5.92 Å². The van der Waals surface area contributed by atoms with E-state index in [2.05, 4.69) is 5.32 Å². The second-order valence-electron chi connectivity index (χ2n) is 3.35. The first-order chi connectivity index (χ1) is 5.86. The molecule has 5 heteroatoms. The maximum absolute atomic E-state index is 10.9. The molecule has 2 atom stereocenters. The molecule has 0 spiro atoms. The van der Waals surface area contributed by atoms with Crippen molar-refractivity contribution in [1.82, 2.24) is 5.32 Å². The number of amides is 1. The summed E-state index contributed by atoms with van der Waals surface area (Å²) in [6, 6.07) is -1.36. The predicted octanol–water partition coefficient (Wildman–Crippen LogP) is -0.441. The molecule has 0 saturated heterocycles. The minimum atomic E-state index is -0.994. The van der Waals surface area contributed by atoms with Crippen molar-refractivity contribution in [3.63, 3.8) is 0 Å². The van der Waals surface area contributed by atoms with Crippen molar-refractivity contribution in [2.24, 2.45) is 11.7 Å². The van der Waals surface area contributed by atoms with Gasteiger partial charge < -0.3 is 10.8 Å². The van der Waals surface area contributed by atoms with Gasteiger partial charge >= 0.3 is 5.97 Å². The standard InChI is InChI=1S/C8H16N2O3/c1-4(2)6(7(9)11)10-5(3)8(12)13/h4-6,10H,1-3H3,(H2,9,11)(H,12,13). The van der Waals surface area contributed by atoms with Crippen LogP contribution in [0.2, 0.25) is 0 Å². The van der Waals surface area contributed by atoms with E-state index in [1.807, 2.05) is 0 Å². The van der Waals surface area contributed by atoms with Crippen LogP contribution in [0.5, 0.6) is 0 Å². The highest BCUT2D eigenvalue weighted by Gasteiger charge is 2.23. The first kappa shape index (κ1) is 11.9. The van der Waals surface area contributed by atoms with E-state index in [0.29, 0.717) is 0 Å². The Morgan fingerprint density at radius 3 is 2.00 bits per heavy atom. The van der Waals surface area contributed by atoms with Crippen LogP contribution in [0.15, 0.2) is 0 Å². The number of nitrogens with one attached hydrogen (secondary N) is 1. The molecule has 0 aromatic rings. The molecule has 0 radical (unpaired) electrons. The fourth-order valence-electron chi connectivity index (χ4n) is 0.944. The minimum absolute atomic E-state index is 0.0145. The molecule has 0 aromatic heterocycles. The van der Waals surface area contributed by atoms with E-state index in [1.54, 1.807) is 13.8 Å². The molecule has 0 rings (SSSR count). The third-order valence-corrected chi connectivity index (χ3v) is 1.77. The van der Waals surface area contributed by atoms with E-state index >= 15 is 0 Å². The van der Waals surface area contributed by atoms with Gasteiger partial charge in [-0.1, -0.05) is 13.8 Å². The number of carboxylic acids is 1. The SMILES string of the molecule is CC(NC(C(N)=O)C(C)C)C(=O)O. The van der Waals surface area contributed by atoms with Gasteiger partial charge in [-0.15, -0.1) is 0 Å². The predicted molar refractivity (Wildman–Crippen MR) is 48.1 cm³/mol. The van der Waals surface area contributed by atoms with Gasteiger partial charge in [0.1, 0.15) is 6.04 Å². The van der Waals surface area contributed by atoms with Gasteiger partial charge in [0.25, 0.3) is 0 Å². The van der Waals surface area contributed by atoms with Gasteiger partial charge in [-0.2, -0.15) is 0 Å². The zero-order valence-electron chi connectivity index (χ0n) is 8.07. The summed E-state index contributed by atoms with van der Waals surface area (Å²) >= 11 is 0. The second-order valence-corrected chi connectivity index (χ2v) is 3.35. The Hall–Kier alpha value is -1.10. The highest BCUT2D eigenvalue weighted by molar-refractivity contribution is 5.81. The summed E-state index contributed by atoms with van der Waals surface area (Å²) in [6.07, 6.45) is 0. The highest BCUT2D eigenvalue weighted by atomic mass is 16.4. The van der Waals surface area contributed by atoms with Crippen molar-refractivity contribution in [2.45, 2.75) is 32.9 Å². The molecule has 0 bridgehead atoms. The summed E-state index contributed by atoms with van der Waals surface area (Å²) in [5.41, 5.74) is 5.09. The molecule has 0 fully saturated rings. The molecule has 1 amide bonds. The first-order valence-corrected chi connectivity index (χ1v) is 4.14. The lowest BCUT2D eigenvalue weighted by molar-refractivity contribution is -0.139. The highest BCUT2D eigenvalue weighted by Crippen LogP contribution is 2.01. The maximum Gasteiger partial charge on any atom is 0.320 e. The van der Waals surface area contributed by atoms with Gasteiger partial charge in [0.15, 0.2) is 0 Å². The number of carboxylic acid groups (broad SMARTS) is 1. The third kappa shape index (κ3) is 3.89. The smallest absolute Gasteiger partial charge is 0.320 e. The Labute approximate surface area is 77.3 Å². The molecular formula is C8H16N2O3. The van der Waals surface area contributed by atoms with E-state index < -0.39 is 24.0 Å². The topological polar surface area (TPSA) is 92.4 Å². The summed E-state index contributed by atoms with van der Waals surface area (Å²) in [6.45, 7) is 5.08. The minimum Gasteiger partial charge on any atom is -0.480 e. The normalized spacial score (nSPS) is 15.4. The molecule has 0 heterocycles. The lowest BCUT2D eigenvalue weighted by Gasteiger charge is -2.21. The van der Waals surface area contributed by atoms with Crippen LogP contribution in [0.3, 0.4) is 0 Å². The van der Waals surface area contributed by atoms with Crippen molar-refractivity contribution in [1.29, 1.82) is 0 Å². The molecule has 0 saturated carbocycles. The van der Waals surface area contributed by atoms with Crippen molar-refractivity contribution < 1.29 is 14.7 Å². The molecule has 76 valence electrons. The molecule has 0 aliphatic rings. The van der Waals surface area contributed by atoms with Crippen molar-refractivity contribution in [3.8, 4) is 0 Å². The average molecular weight is 188 g/mol. The molecule has 5 nitrogen and oxygen atoms in total. The lowest BCUT2D eigenvalue weighted by Crippen LogP contribution is -2.50. The second kappa shape index (κ2) is 4.81. The van der Waals surface area contributed by atoms with Crippen LogP contribution in [0.25, 0.3) is 0 Å². The Balaban J connectivity index is 4.27. The molecule has 4 N–H and O–H groups in total. The largest absolute Gasteiger partial charge is 0.480 e. The van der Waals surface area contributed by atoms with E-state index in [0.717, 1.165) is 0 Å². The fraction of sp³-hybridized carbons (Fsp3) is 0.750. The summed E-state index contributed by atoms with van der Waals surface area (Å²) < 4.78 is 0. The lowest BCUT2D eigenvalue weighted by atomic mass is 10.0. The molecule has 0 aromatic carbocycles. The number of carbonyl (C=O) groups is 2. The number of aliphatic carboxylic acids is 1. The summed E-state index contributed by atoms with van der Waals surface area (Å²) in [5.74, 6) is -1.53. The van der Waals surface area contributed by atoms with Crippen LogP contribution in [-0.2, 0) is 9.59 Å². The summed E-state index contributed by atoms with van der Waals surface area (Å²) in [7, 11) is 0. The first-order valence-electron chi connectivity index (χ1n) is 4.14. The van der Waals surface area contributed by atoms with Crippen LogP contribution in [0.4, 0.5) is 0 Å². The fourth-order valence-corrected chi connectivity index (χ4v) is 0.944. The van der Waals surface area contributed by atoms with Gasteiger partial charge in [-0.05, 0) is 12.8 Å². The van der Waals surface area contributed by atoms with Gasteiger partial charge in [-0.25, -0.2) is 0 Å². The van der Waals surface area contributed by atoms with E-state index in [4.69, 9.17) is 10.8 Å². The van der Waals surface area contributed by atoms with E-state index in [9.17, 15) is 9.59 Å². The Bertz CT molecular complexity index is 204. The Morgan fingerprint density at radius 2 is 1.77 bits per heavy atom. The number of hydrogen-bond acceptors (Lipinski definition) is 3. The van der Waals surface area contributed by atoms with E-state index in [1.165, 1.54) is 6.92 Å². The number of primary amides is 1. The van der Waals surface area contributed by atoms with Gasteiger partial charge in [0.05, 0.1) is 6.04 Å². The number of rotatable bonds is 5. The van der Waals surface area contributed by atoms with Crippen LogP contribution in [0, 0.1) is 5.92 Å². The molecule has 0 aliphatic carbocycles. The third-order valence-electron chi connectivity index (χ3n) is 1.77. The van der Waals surface area contributed by atoms with Gasteiger partial charge in [-0.3, -0.25) is 14.9 Å². The van der Waals surface area contributed by atoms with Crippen LogP contribution in [0.1, 0.15) is 20.8 Å². The Morgan fingerprint density at radius 1 is 1.31 bits per heavy atom. The zero-order chi connectivity index (χ0) is 10.6. The summed E-state index contributed by atoms with van der Waals surface area (Å²) in [5, 5.41) is 11.2. The van der Waals surface area contributed by atoms with Crippen molar-refractivity contribution in [2.75, 3.05) is 0 Å². The van der Waals surface area contributed by atoms with Gasteiger partial charge in [0, 0.05) is 0 Å². The number of nitrogens with two attached hydrogens (primary N) is 1. The molecule has 0 aliphatic heterocycles. The molecule has 13 heavy (non-hydrogen) atoms. The van der Waals surface area contributed by atoms with Gasteiger partial charge in [0.2, 0.25) is 5.91 Å². The molecule has 2 unspecified atom stereocenters. The number of hydrogen-bond donors (Lipinski definition) is 3.